The van der Waals surface area contributed by atoms with Crippen LogP contribution in [-0.2, 0) is 31.4 Å². The van der Waals surface area contributed by atoms with Gasteiger partial charge in [-0.2, -0.15) is 0 Å². The monoisotopic (exact) mass is 639 g/mol. The average molecular weight is 640 g/mol. The number of amides is 1. The third-order valence-electron chi connectivity index (χ3n) is 11.0. The van der Waals surface area contributed by atoms with Crippen molar-refractivity contribution in [2.24, 2.45) is 17.3 Å². The van der Waals surface area contributed by atoms with Crippen molar-refractivity contribution in [1.29, 1.82) is 0 Å². The van der Waals surface area contributed by atoms with Crippen LogP contribution in [0.4, 0.5) is 5.69 Å². The molecule has 8 nitrogen and oxygen atoms in total. The predicted octanol–water partition coefficient (Wildman–Crippen LogP) is 4.99. The summed E-state index contributed by atoms with van der Waals surface area (Å²) in [6, 6.07) is 11.2. The van der Waals surface area contributed by atoms with Crippen LogP contribution in [0.1, 0.15) is 56.1 Å². The number of hydrogen-bond donors (Lipinski definition) is 2. The summed E-state index contributed by atoms with van der Waals surface area (Å²) in [7, 11) is -2.32. The van der Waals surface area contributed by atoms with Crippen molar-refractivity contribution >= 4 is 33.2 Å². The number of halogens is 1. The minimum atomic E-state index is -4.09. The fourth-order valence-electron chi connectivity index (χ4n) is 8.17. The number of aryl methyl sites for hydroxylation is 1. The maximum atomic E-state index is 13.7. The third kappa shape index (κ3) is 5.33. The molecule has 10 heteroatoms. The summed E-state index contributed by atoms with van der Waals surface area (Å²) >= 11 is 6.42. The van der Waals surface area contributed by atoms with Crippen molar-refractivity contribution in [2.75, 3.05) is 44.8 Å². The molecule has 2 spiro atoms. The zero-order valence-electron chi connectivity index (χ0n) is 25.3. The Morgan fingerprint density at radius 3 is 2.66 bits per heavy atom. The smallest absolute Gasteiger partial charge is 0.264 e. The van der Waals surface area contributed by atoms with Gasteiger partial charge in [-0.05, 0) is 98.2 Å². The Morgan fingerprint density at radius 1 is 1.07 bits per heavy atom. The SMILES string of the molecule is CO[C@@H]1/C=C/CNCC2(CCC2)C(=O)NS(=O)(=O)c2ccc3c(c2)N(C[C@@H]2CC[C@H]21)C[C@@]1(CCCc2cc(Cl)ccc21)CO3. The number of hydrogen-bond acceptors (Lipinski definition) is 7. The number of anilines is 1. The average Bonchev–Trinajstić information content (AvgIpc) is 3.11. The lowest BCUT2D eigenvalue weighted by atomic mass is 9.68. The van der Waals surface area contributed by atoms with Crippen LogP contribution in [0.2, 0.25) is 5.02 Å². The molecular formula is C34H42ClN3O5S. The molecule has 3 aliphatic carbocycles. The molecule has 1 amide bonds. The van der Waals surface area contributed by atoms with Gasteiger partial charge in [-0.1, -0.05) is 36.2 Å². The number of nitrogens with zero attached hydrogens (tertiary/aromatic N) is 1. The molecule has 0 saturated heterocycles. The first-order valence-corrected chi connectivity index (χ1v) is 17.9. The topological polar surface area (TPSA) is 97.0 Å². The van der Waals surface area contributed by atoms with Crippen molar-refractivity contribution in [3.05, 3.63) is 64.7 Å². The molecule has 2 aromatic rings. The van der Waals surface area contributed by atoms with Crippen LogP contribution in [0, 0.1) is 17.3 Å². The maximum absolute atomic E-state index is 13.7. The van der Waals surface area contributed by atoms with Crippen molar-refractivity contribution in [3.8, 4) is 5.75 Å². The van der Waals surface area contributed by atoms with Gasteiger partial charge in [0.1, 0.15) is 5.75 Å². The first-order chi connectivity index (χ1) is 21.2. The number of nitrogens with one attached hydrogen (secondary N) is 2. The van der Waals surface area contributed by atoms with Crippen molar-refractivity contribution < 1.29 is 22.7 Å². The number of fused-ring (bicyclic) bond motifs is 4. The summed E-state index contributed by atoms with van der Waals surface area (Å²) in [5.74, 6) is 0.977. The van der Waals surface area contributed by atoms with Gasteiger partial charge in [-0.15, -0.1) is 0 Å². The fraction of sp³-hybridized carbons (Fsp3) is 0.559. The first-order valence-electron chi connectivity index (χ1n) is 16.0. The molecular weight excluding hydrogens is 598 g/mol. The maximum Gasteiger partial charge on any atom is 0.264 e. The number of methoxy groups -OCH3 is 1. The Kier molecular flexibility index (Phi) is 7.96. The van der Waals surface area contributed by atoms with Crippen LogP contribution >= 0.6 is 11.6 Å². The highest BCUT2D eigenvalue weighted by molar-refractivity contribution is 7.90. The molecule has 2 N–H and O–H groups in total. The summed E-state index contributed by atoms with van der Waals surface area (Å²) in [5.41, 5.74) is 2.31. The van der Waals surface area contributed by atoms with Crippen molar-refractivity contribution in [3.63, 3.8) is 0 Å². The molecule has 4 atom stereocenters. The number of benzene rings is 2. The summed E-state index contributed by atoms with van der Waals surface area (Å²) < 4.78 is 42.4. The molecule has 5 aliphatic rings. The van der Waals surface area contributed by atoms with Crippen LogP contribution in [0.15, 0.2) is 53.4 Å². The number of ether oxygens (including phenoxy) is 2. The molecule has 2 saturated carbocycles. The van der Waals surface area contributed by atoms with Crippen molar-refractivity contribution in [2.45, 2.75) is 67.8 Å². The van der Waals surface area contributed by atoms with E-state index < -0.39 is 21.3 Å². The fourth-order valence-corrected chi connectivity index (χ4v) is 9.46. The van der Waals surface area contributed by atoms with E-state index in [-0.39, 0.29) is 16.4 Å². The molecule has 0 unspecified atom stereocenters. The minimum absolute atomic E-state index is 0.00638. The Labute approximate surface area is 265 Å². The van der Waals surface area contributed by atoms with E-state index in [9.17, 15) is 13.2 Å². The molecule has 0 radical (unpaired) electrons. The zero-order valence-corrected chi connectivity index (χ0v) is 26.9. The van der Waals surface area contributed by atoms with Gasteiger partial charge in [0.15, 0.2) is 0 Å². The highest BCUT2D eigenvalue weighted by atomic mass is 35.5. The van der Waals surface area contributed by atoms with Crippen LogP contribution in [0.25, 0.3) is 0 Å². The quantitative estimate of drug-likeness (QED) is 0.425. The molecule has 0 aromatic heterocycles. The largest absolute Gasteiger partial charge is 0.490 e. The van der Waals surface area contributed by atoms with E-state index in [0.717, 1.165) is 55.8 Å². The zero-order chi connectivity index (χ0) is 30.5. The second kappa shape index (κ2) is 11.6. The summed E-state index contributed by atoms with van der Waals surface area (Å²) in [6.45, 7) is 2.99. The Balaban J connectivity index is 1.30. The highest BCUT2D eigenvalue weighted by Gasteiger charge is 2.47. The highest BCUT2D eigenvalue weighted by Crippen LogP contribution is 2.47. The summed E-state index contributed by atoms with van der Waals surface area (Å²) in [5, 5.41) is 4.12. The van der Waals surface area contributed by atoms with Gasteiger partial charge in [-0.3, -0.25) is 4.79 Å². The van der Waals surface area contributed by atoms with Gasteiger partial charge < -0.3 is 19.7 Å². The number of rotatable bonds is 1. The normalized spacial score (nSPS) is 31.6. The Hall–Kier alpha value is -2.59. The van der Waals surface area contributed by atoms with E-state index in [4.69, 9.17) is 21.1 Å². The van der Waals surface area contributed by atoms with E-state index in [1.54, 1.807) is 25.3 Å². The van der Waals surface area contributed by atoms with Gasteiger partial charge in [0.05, 0.1) is 28.7 Å². The van der Waals surface area contributed by atoms with E-state index in [2.05, 4.69) is 39.2 Å². The van der Waals surface area contributed by atoms with E-state index in [0.29, 0.717) is 56.7 Å². The second-order valence-corrected chi connectivity index (χ2v) is 15.7. The van der Waals surface area contributed by atoms with Crippen LogP contribution < -0.4 is 19.7 Å². The number of sulfonamides is 1. The second-order valence-electron chi connectivity index (χ2n) is 13.6. The Bertz CT molecular complexity index is 1570. The molecule has 7 rings (SSSR count). The molecule has 2 aliphatic heterocycles. The predicted molar refractivity (Wildman–Crippen MR) is 171 cm³/mol. The molecule has 2 fully saturated rings. The van der Waals surface area contributed by atoms with Crippen LogP contribution in [-0.4, -0.2) is 60.3 Å². The molecule has 2 bridgehead atoms. The van der Waals surface area contributed by atoms with Crippen LogP contribution in [0.5, 0.6) is 5.75 Å². The first kappa shape index (κ1) is 30.1. The van der Waals surface area contributed by atoms with Gasteiger partial charge >= 0.3 is 0 Å². The number of carbonyl (C=O) groups is 1. The lowest BCUT2D eigenvalue weighted by Crippen LogP contribution is -2.52. The lowest BCUT2D eigenvalue weighted by Gasteiger charge is -2.46. The van der Waals surface area contributed by atoms with Crippen molar-refractivity contribution in [1.82, 2.24) is 10.0 Å². The van der Waals surface area contributed by atoms with Gasteiger partial charge in [0, 0.05) is 43.7 Å². The standard InChI is InChI=1S/C34H42ClN3O5S/c1-42-30-6-3-16-36-20-33(14-4-15-33)32(39)37-44(40,41)26-9-12-31-29(18-26)38(19-24-7-10-27(24)30)21-34(22-43-31)13-2-5-23-17-25(35)8-11-28(23)34/h3,6,8-9,11-12,17-18,24,27,30,36H,2,4-5,7,10,13-16,19-22H2,1H3,(H,37,39)/b6-3+/t24-,27+,30+,34-/m0/s1. The summed E-state index contributed by atoms with van der Waals surface area (Å²) in [6.07, 6.45) is 11.6. The van der Waals surface area contributed by atoms with Gasteiger partial charge in [-0.25, -0.2) is 13.1 Å². The van der Waals surface area contributed by atoms with E-state index in [1.807, 2.05) is 6.07 Å². The molecule has 2 aromatic carbocycles. The Morgan fingerprint density at radius 2 is 1.91 bits per heavy atom. The molecule has 44 heavy (non-hydrogen) atoms. The lowest BCUT2D eigenvalue weighted by molar-refractivity contribution is -0.133. The van der Waals surface area contributed by atoms with Gasteiger partial charge in [0.2, 0.25) is 5.91 Å². The third-order valence-corrected chi connectivity index (χ3v) is 12.6. The summed E-state index contributed by atoms with van der Waals surface area (Å²) in [4.78, 5) is 15.9. The minimum Gasteiger partial charge on any atom is -0.490 e. The number of carbonyl (C=O) groups excluding carboxylic acids is 1. The van der Waals surface area contributed by atoms with E-state index in [1.165, 1.54) is 11.1 Å². The van der Waals surface area contributed by atoms with E-state index >= 15 is 0 Å². The van der Waals surface area contributed by atoms with Gasteiger partial charge in [0.25, 0.3) is 10.0 Å². The van der Waals surface area contributed by atoms with Crippen LogP contribution in [0.3, 0.4) is 0 Å². The molecule has 2 heterocycles. The molecule has 236 valence electrons.